The van der Waals surface area contributed by atoms with Gasteiger partial charge >= 0.3 is 0 Å². The lowest BCUT2D eigenvalue weighted by Crippen LogP contribution is -2.43. The van der Waals surface area contributed by atoms with E-state index in [9.17, 15) is 4.79 Å². The Morgan fingerprint density at radius 1 is 1.21 bits per heavy atom. The fourth-order valence-corrected chi connectivity index (χ4v) is 6.01. The van der Waals surface area contributed by atoms with Gasteiger partial charge < -0.3 is 15.0 Å². The number of aryl methyl sites for hydroxylation is 1. The first-order valence-electron chi connectivity index (χ1n) is 13.7. The lowest BCUT2D eigenvalue weighted by Gasteiger charge is -2.41. The van der Waals surface area contributed by atoms with Gasteiger partial charge in [0, 0.05) is 66.6 Å². The van der Waals surface area contributed by atoms with Gasteiger partial charge in [0.15, 0.2) is 0 Å². The average molecular weight is 553 g/mol. The molecule has 2 heterocycles. The van der Waals surface area contributed by atoms with Crippen LogP contribution < -0.4 is 15.0 Å². The third kappa shape index (κ3) is 6.56. The second kappa shape index (κ2) is 12.8. The number of carbonyl (C=O) groups excluding carboxylic acids is 1. The van der Waals surface area contributed by atoms with Gasteiger partial charge in [-0.15, -0.1) is 5.10 Å². The number of nitrogens with one attached hydrogen (secondary N) is 1. The van der Waals surface area contributed by atoms with Crippen molar-refractivity contribution in [2.24, 2.45) is 7.05 Å². The Morgan fingerprint density at radius 3 is 2.56 bits per heavy atom. The van der Waals surface area contributed by atoms with Crippen LogP contribution in [0, 0.1) is 13.8 Å². The Kier molecular flexibility index (Phi) is 9.51. The number of nitrogens with zero attached hydrogens (tertiary/aromatic N) is 5. The molecule has 0 radical (unpaired) electrons. The van der Waals surface area contributed by atoms with Crippen LogP contribution in [0.1, 0.15) is 65.3 Å². The first-order chi connectivity index (χ1) is 18.7. The normalized spacial score (nSPS) is 17.3. The maximum Gasteiger partial charge on any atom is 0.251 e. The van der Waals surface area contributed by atoms with Crippen LogP contribution in [0.15, 0.2) is 36.7 Å². The third-order valence-electron chi connectivity index (χ3n) is 8.17. The minimum absolute atomic E-state index is 0.154. The van der Waals surface area contributed by atoms with Gasteiger partial charge in [-0.3, -0.25) is 19.4 Å². The number of pyridine rings is 1. The lowest BCUT2D eigenvalue weighted by molar-refractivity contribution is 0.0950. The summed E-state index contributed by atoms with van der Waals surface area (Å²) < 4.78 is 7.15. The van der Waals surface area contributed by atoms with Crippen LogP contribution in [0.5, 0.6) is 5.88 Å². The largest absolute Gasteiger partial charge is 0.480 e. The van der Waals surface area contributed by atoms with Crippen LogP contribution in [0.25, 0.3) is 0 Å². The first kappa shape index (κ1) is 28.9. The molecule has 39 heavy (non-hydrogen) atoms. The van der Waals surface area contributed by atoms with E-state index < -0.39 is 0 Å². The molecule has 1 fully saturated rings. The van der Waals surface area contributed by atoms with Crippen LogP contribution in [0.2, 0.25) is 5.02 Å². The standard InChI is InChI=1S/C30H41ClN6O2/c1-7-37(25-12-10-24(11-13-25)35(4)19-22-9-8-14-32-17-22)28-16-23(31)15-26(20(28)2)29(38)33-18-27-21(3)36(5)34-30(27)39-6/h8-9,14-17,24-25H,7,10-13,18-19H2,1-6H3,(H,33,38). The molecule has 0 spiro atoms. The maximum atomic E-state index is 13.3. The molecule has 1 aliphatic rings. The SMILES string of the molecule is CCN(c1cc(Cl)cc(C(=O)NCc2c(OC)nn(C)c2C)c1C)C1CCC(N(C)Cc2cccnc2)CC1. The van der Waals surface area contributed by atoms with Crippen molar-refractivity contribution in [3.05, 3.63) is 69.6 Å². The molecular formula is C30H41ClN6O2. The molecule has 210 valence electrons. The summed E-state index contributed by atoms with van der Waals surface area (Å²) in [5.74, 6) is 0.371. The van der Waals surface area contributed by atoms with Gasteiger partial charge in [0.1, 0.15) is 0 Å². The molecule has 0 atom stereocenters. The predicted octanol–water partition coefficient (Wildman–Crippen LogP) is 5.29. The Hall–Kier alpha value is -3.10. The van der Waals surface area contributed by atoms with Gasteiger partial charge in [0.25, 0.3) is 5.91 Å². The number of rotatable bonds is 10. The monoisotopic (exact) mass is 552 g/mol. The molecule has 0 unspecified atom stereocenters. The average Bonchev–Trinajstić information content (AvgIpc) is 3.22. The highest BCUT2D eigenvalue weighted by Gasteiger charge is 2.29. The van der Waals surface area contributed by atoms with Gasteiger partial charge in [-0.1, -0.05) is 17.7 Å². The minimum Gasteiger partial charge on any atom is -0.480 e. The molecular weight excluding hydrogens is 512 g/mol. The number of hydrogen-bond acceptors (Lipinski definition) is 6. The summed E-state index contributed by atoms with van der Waals surface area (Å²) in [6.45, 7) is 8.26. The van der Waals surface area contributed by atoms with E-state index in [4.69, 9.17) is 16.3 Å². The first-order valence-corrected chi connectivity index (χ1v) is 14.1. The van der Waals surface area contributed by atoms with Crippen molar-refractivity contribution < 1.29 is 9.53 Å². The van der Waals surface area contributed by atoms with E-state index in [0.717, 1.165) is 61.3 Å². The summed E-state index contributed by atoms with van der Waals surface area (Å²) in [7, 11) is 5.67. The molecule has 1 aromatic carbocycles. The van der Waals surface area contributed by atoms with Crippen molar-refractivity contribution in [1.82, 2.24) is 25.0 Å². The van der Waals surface area contributed by atoms with Gasteiger partial charge in [-0.25, -0.2) is 0 Å². The summed E-state index contributed by atoms with van der Waals surface area (Å²) in [6.07, 6.45) is 8.24. The number of carbonyl (C=O) groups is 1. The van der Waals surface area contributed by atoms with E-state index in [1.54, 1.807) is 17.9 Å². The highest BCUT2D eigenvalue weighted by atomic mass is 35.5. The molecule has 8 nitrogen and oxygen atoms in total. The van der Waals surface area contributed by atoms with E-state index in [2.05, 4.69) is 45.2 Å². The maximum absolute atomic E-state index is 13.3. The molecule has 1 N–H and O–H groups in total. The second-order valence-corrected chi connectivity index (χ2v) is 10.9. The smallest absolute Gasteiger partial charge is 0.251 e. The number of aromatic nitrogens is 3. The Bertz CT molecular complexity index is 1270. The number of ether oxygens (including phenoxy) is 1. The van der Waals surface area contributed by atoms with Gasteiger partial charge in [-0.05, 0) is 82.8 Å². The topological polar surface area (TPSA) is 75.5 Å². The van der Waals surface area contributed by atoms with Crippen molar-refractivity contribution >= 4 is 23.2 Å². The number of hydrogen-bond donors (Lipinski definition) is 1. The third-order valence-corrected chi connectivity index (χ3v) is 8.38. The fraction of sp³-hybridized carbons (Fsp3) is 0.500. The Balaban J connectivity index is 1.45. The van der Waals surface area contributed by atoms with Crippen LogP contribution in [0.3, 0.4) is 0 Å². The van der Waals surface area contributed by atoms with Crippen molar-refractivity contribution in [1.29, 1.82) is 0 Å². The molecule has 0 aliphatic heterocycles. The zero-order valence-electron chi connectivity index (χ0n) is 24.0. The van der Waals surface area contributed by atoms with E-state index in [-0.39, 0.29) is 5.91 Å². The number of methoxy groups -OCH3 is 1. The Labute approximate surface area is 237 Å². The molecule has 0 saturated heterocycles. The van der Waals surface area contributed by atoms with E-state index in [1.165, 1.54) is 5.56 Å². The molecule has 2 aromatic heterocycles. The quantitative estimate of drug-likeness (QED) is 0.368. The fourth-order valence-electron chi connectivity index (χ4n) is 5.80. The number of anilines is 1. The predicted molar refractivity (Wildman–Crippen MR) is 157 cm³/mol. The van der Waals surface area contributed by atoms with Crippen LogP contribution in [0.4, 0.5) is 5.69 Å². The number of halogens is 1. The van der Waals surface area contributed by atoms with Gasteiger partial charge in [-0.2, -0.15) is 0 Å². The highest BCUT2D eigenvalue weighted by Crippen LogP contribution is 2.34. The summed E-state index contributed by atoms with van der Waals surface area (Å²) in [6, 6.07) is 8.87. The van der Waals surface area contributed by atoms with E-state index in [1.807, 2.05) is 45.4 Å². The second-order valence-electron chi connectivity index (χ2n) is 10.5. The van der Waals surface area contributed by atoms with Crippen molar-refractivity contribution in [2.45, 2.75) is 71.6 Å². The summed E-state index contributed by atoms with van der Waals surface area (Å²) in [5.41, 5.74) is 5.65. The summed E-state index contributed by atoms with van der Waals surface area (Å²) >= 11 is 6.59. The lowest BCUT2D eigenvalue weighted by atomic mass is 9.88. The van der Waals surface area contributed by atoms with Crippen LogP contribution >= 0.6 is 11.6 Å². The number of amides is 1. The molecule has 4 rings (SSSR count). The molecule has 9 heteroatoms. The van der Waals surface area contributed by atoms with Crippen molar-refractivity contribution in [3.63, 3.8) is 0 Å². The molecule has 0 bridgehead atoms. The van der Waals surface area contributed by atoms with Crippen molar-refractivity contribution in [2.75, 3.05) is 25.6 Å². The van der Waals surface area contributed by atoms with Gasteiger partial charge in [0.05, 0.1) is 19.2 Å². The van der Waals surface area contributed by atoms with Crippen LogP contribution in [-0.2, 0) is 20.1 Å². The van der Waals surface area contributed by atoms with E-state index in [0.29, 0.717) is 35.1 Å². The molecule has 3 aromatic rings. The highest BCUT2D eigenvalue weighted by molar-refractivity contribution is 6.31. The molecule has 1 saturated carbocycles. The van der Waals surface area contributed by atoms with Gasteiger partial charge in [0.2, 0.25) is 5.88 Å². The zero-order chi connectivity index (χ0) is 28.1. The summed E-state index contributed by atoms with van der Waals surface area (Å²) in [5, 5.41) is 7.98. The number of benzene rings is 1. The zero-order valence-corrected chi connectivity index (χ0v) is 24.8. The molecule has 1 aliphatic carbocycles. The van der Waals surface area contributed by atoms with Crippen LogP contribution in [-0.4, -0.2) is 58.4 Å². The molecule has 1 amide bonds. The summed E-state index contributed by atoms with van der Waals surface area (Å²) in [4.78, 5) is 22.5. The van der Waals surface area contributed by atoms with E-state index >= 15 is 0 Å². The Morgan fingerprint density at radius 2 is 1.92 bits per heavy atom. The van der Waals surface area contributed by atoms with Crippen molar-refractivity contribution in [3.8, 4) is 5.88 Å². The minimum atomic E-state index is -0.154.